The maximum absolute atomic E-state index is 13.3. The van der Waals surface area contributed by atoms with Crippen LogP contribution >= 0.6 is 0 Å². The van der Waals surface area contributed by atoms with Gasteiger partial charge in [0.15, 0.2) is 0 Å². The number of piperidine rings is 1. The Kier molecular flexibility index (Phi) is 4.54. The average Bonchev–Trinajstić information content (AvgIpc) is 2.62. The van der Waals surface area contributed by atoms with Gasteiger partial charge in [0.05, 0.1) is 6.04 Å². The molecule has 2 aliphatic rings. The molecule has 1 fully saturated rings. The first kappa shape index (κ1) is 15.7. The summed E-state index contributed by atoms with van der Waals surface area (Å²) >= 11 is 0. The number of hydrogen-bond acceptors (Lipinski definition) is 4. The Bertz CT molecular complexity index is 712. The lowest BCUT2D eigenvalue weighted by molar-refractivity contribution is 0.241. The van der Waals surface area contributed by atoms with Gasteiger partial charge in [-0.15, -0.1) is 0 Å². The summed E-state index contributed by atoms with van der Waals surface area (Å²) in [6, 6.07) is 7.17. The normalized spacial score (nSPS) is 21.5. The van der Waals surface area contributed by atoms with E-state index in [4.69, 9.17) is 4.98 Å². The molecule has 2 aliphatic heterocycles. The van der Waals surface area contributed by atoms with Crippen LogP contribution in [0.5, 0.6) is 0 Å². The van der Waals surface area contributed by atoms with Crippen molar-refractivity contribution in [3.05, 3.63) is 58.9 Å². The van der Waals surface area contributed by atoms with Crippen molar-refractivity contribution in [2.45, 2.75) is 44.8 Å². The highest BCUT2D eigenvalue weighted by Crippen LogP contribution is 2.23. The molecular weight excluding hydrogens is 303 g/mol. The molecule has 1 atom stereocenters. The van der Waals surface area contributed by atoms with E-state index in [2.05, 4.69) is 15.2 Å². The van der Waals surface area contributed by atoms with Crippen molar-refractivity contribution >= 4 is 0 Å². The number of fused-ring (bicyclic) bond motifs is 1. The molecule has 4 nitrogen and oxygen atoms in total. The fourth-order valence-corrected chi connectivity index (χ4v) is 3.66. The minimum absolute atomic E-state index is 0.169. The van der Waals surface area contributed by atoms with Crippen LogP contribution in [0, 0.1) is 5.82 Å². The summed E-state index contributed by atoms with van der Waals surface area (Å²) in [4.78, 5) is 11.8. The summed E-state index contributed by atoms with van der Waals surface area (Å²) in [5.41, 5.74) is 3.41. The third kappa shape index (κ3) is 3.47. The highest BCUT2D eigenvalue weighted by Gasteiger charge is 2.22. The van der Waals surface area contributed by atoms with E-state index < -0.39 is 0 Å². The molecule has 0 amide bonds. The predicted octanol–water partition coefficient (Wildman–Crippen LogP) is 2.99. The van der Waals surface area contributed by atoms with Gasteiger partial charge in [0.1, 0.15) is 11.6 Å². The van der Waals surface area contributed by atoms with E-state index in [-0.39, 0.29) is 5.82 Å². The molecule has 0 unspecified atom stereocenters. The smallest absolute Gasteiger partial charge is 0.145 e. The summed E-state index contributed by atoms with van der Waals surface area (Å²) in [7, 11) is 0. The maximum atomic E-state index is 13.3. The monoisotopic (exact) mass is 326 g/mol. The van der Waals surface area contributed by atoms with Crippen LogP contribution in [0.1, 0.15) is 47.9 Å². The topological polar surface area (TPSA) is 41.1 Å². The Morgan fingerprint density at radius 3 is 3.08 bits per heavy atom. The second-order valence-electron chi connectivity index (χ2n) is 6.79. The molecule has 2 aromatic rings. The van der Waals surface area contributed by atoms with Crippen LogP contribution in [0.25, 0.3) is 0 Å². The minimum Gasteiger partial charge on any atom is -0.307 e. The van der Waals surface area contributed by atoms with E-state index in [0.717, 1.165) is 50.4 Å². The SMILES string of the molecule is Fc1cccc(CN2CCc3nc([C@H]4CCCCN4)ncc3C2)c1. The summed E-state index contributed by atoms with van der Waals surface area (Å²) in [6.45, 7) is 3.62. The highest BCUT2D eigenvalue weighted by atomic mass is 19.1. The molecule has 3 heterocycles. The lowest BCUT2D eigenvalue weighted by Gasteiger charge is -2.29. The Morgan fingerprint density at radius 1 is 1.29 bits per heavy atom. The lowest BCUT2D eigenvalue weighted by atomic mass is 10.0. The molecule has 0 saturated carbocycles. The molecule has 0 aliphatic carbocycles. The summed E-state index contributed by atoms with van der Waals surface area (Å²) in [6.07, 6.45) is 6.55. The van der Waals surface area contributed by atoms with Gasteiger partial charge in [0.2, 0.25) is 0 Å². The molecule has 126 valence electrons. The van der Waals surface area contributed by atoms with E-state index in [1.807, 2.05) is 12.3 Å². The molecule has 5 heteroatoms. The van der Waals surface area contributed by atoms with Crippen molar-refractivity contribution in [2.75, 3.05) is 13.1 Å². The van der Waals surface area contributed by atoms with Crippen LogP contribution in [0.2, 0.25) is 0 Å². The van der Waals surface area contributed by atoms with E-state index in [9.17, 15) is 4.39 Å². The number of benzene rings is 1. The fraction of sp³-hybridized carbons (Fsp3) is 0.474. The van der Waals surface area contributed by atoms with Gasteiger partial charge in [-0.1, -0.05) is 18.6 Å². The molecule has 1 aromatic heterocycles. The summed E-state index contributed by atoms with van der Waals surface area (Å²) in [5.74, 6) is 0.782. The molecule has 1 saturated heterocycles. The maximum Gasteiger partial charge on any atom is 0.145 e. The average molecular weight is 326 g/mol. The number of nitrogens with one attached hydrogen (secondary N) is 1. The van der Waals surface area contributed by atoms with Crippen molar-refractivity contribution in [1.29, 1.82) is 0 Å². The zero-order valence-electron chi connectivity index (χ0n) is 13.8. The second kappa shape index (κ2) is 6.95. The largest absolute Gasteiger partial charge is 0.307 e. The third-order valence-corrected chi connectivity index (χ3v) is 4.95. The molecule has 24 heavy (non-hydrogen) atoms. The van der Waals surface area contributed by atoms with Crippen LogP contribution in [0.15, 0.2) is 30.5 Å². The number of nitrogens with zero attached hydrogens (tertiary/aromatic N) is 3. The Labute approximate surface area is 142 Å². The van der Waals surface area contributed by atoms with Crippen LogP contribution < -0.4 is 5.32 Å². The molecule has 0 spiro atoms. The van der Waals surface area contributed by atoms with E-state index in [1.165, 1.54) is 30.2 Å². The van der Waals surface area contributed by atoms with Gasteiger partial charge >= 0.3 is 0 Å². The summed E-state index contributed by atoms with van der Waals surface area (Å²) < 4.78 is 13.3. The van der Waals surface area contributed by atoms with Crippen molar-refractivity contribution in [3.8, 4) is 0 Å². The van der Waals surface area contributed by atoms with Crippen molar-refractivity contribution < 1.29 is 4.39 Å². The van der Waals surface area contributed by atoms with Crippen LogP contribution in [0.4, 0.5) is 4.39 Å². The zero-order valence-corrected chi connectivity index (χ0v) is 13.8. The van der Waals surface area contributed by atoms with Gasteiger partial charge in [-0.25, -0.2) is 14.4 Å². The Hall–Kier alpha value is -1.85. The first-order valence-electron chi connectivity index (χ1n) is 8.83. The van der Waals surface area contributed by atoms with Gasteiger partial charge in [0, 0.05) is 43.5 Å². The van der Waals surface area contributed by atoms with E-state index >= 15 is 0 Å². The highest BCUT2D eigenvalue weighted by molar-refractivity contribution is 5.23. The number of aromatic nitrogens is 2. The third-order valence-electron chi connectivity index (χ3n) is 4.95. The molecular formula is C19H23FN4. The van der Waals surface area contributed by atoms with Crippen molar-refractivity contribution in [1.82, 2.24) is 20.2 Å². The molecule has 0 radical (unpaired) electrons. The van der Waals surface area contributed by atoms with Crippen LogP contribution in [-0.4, -0.2) is 28.0 Å². The van der Waals surface area contributed by atoms with Gasteiger partial charge in [-0.3, -0.25) is 4.90 Å². The van der Waals surface area contributed by atoms with Crippen molar-refractivity contribution in [3.63, 3.8) is 0 Å². The molecule has 4 rings (SSSR count). The van der Waals surface area contributed by atoms with Gasteiger partial charge < -0.3 is 5.32 Å². The number of hydrogen-bond donors (Lipinski definition) is 1. The van der Waals surface area contributed by atoms with Crippen LogP contribution in [0.3, 0.4) is 0 Å². The number of rotatable bonds is 3. The first-order valence-corrected chi connectivity index (χ1v) is 8.83. The Morgan fingerprint density at radius 2 is 2.25 bits per heavy atom. The lowest BCUT2D eigenvalue weighted by Crippen LogP contribution is -2.33. The van der Waals surface area contributed by atoms with Gasteiger partial charge in [-0.05, 0) is 37.1 Å². The molecule has 0 bridgehead atoms. The molecule has 1 N–H and O–H groups in total. The zero-order chi connectivity index (χ0) is 16.4. The molecule has 1 aromatic carbocycles. The first-order chi connectivity index (χ1) is 11.8. The van der Waals surface area contributed by atoms with E-state index in [1.54, 1.807) is 12.1 Å². The minimum atomic E-state index is -0.169. The van der Waals surface area contributed by atoms with E-state index in [0.29, 0.717) is 6.04 Å². The fourth-order valence-electron chi connectivity index (χ4n) is 3.66. The second-order valence-corrected chi connectivity index (χ2v) is 6.79. The summed E-state index contributed by atoms with van der Waals surface area (Å²) in [5, 5.41) is 3.52. The standard InChI is InChI=1S/C19H23FN4/c20-16-5-3-4-14(10-16)12-24-9-7-17-15(13-24)11-22-19(23-17)18-6-1-2-8-21-18/h3-5,10-11,18,21H,1-2,6-9,12-13H2/t18-/m1/s1. The van der Waals surface area contributed by atoms with Gasteiger partial charge in [0.25, 0.3) is 0 Å². The van der Waals surface area contributed by atoms with Crippen molar-refractivity contribution in [2.24, 2.45) is 0 Å². The Balaban J connectivity index is 1.45. The van der Waals surface area contributed by atoms with Crippen LogP contribution in [-0.2, 0) is 19.5 Å². The van der Waals surface area contributed by atoms with Gasteiger partial charge in [-0.2, -0.15) is 0 Å². The quantitative estimate of drug-likeness (QED) is 0.941. The predicted molar refractivity (Wildman–Crippen MR) is 90.8 cm³/mol. The number of halogens is 1.